The molecule has 4 nitrogen and oxygen atoms in total. The Balaban J connectivity index is 2.37. The van der Waals surface area contributed by atoms with E-state index in [1.807, 2.05) is 13.1 Å². The summed E-state index contributed by atoms with van der Waals surface area (Å²) in [5, 5.41) is 4.93. The normalized spacial score (nSPS) is 10.6. The van der Waals surface area contributed by atoms with E-state index in [4.69, 9.17) is 22.1 Å². The third kappa shape index (κ3) is 2.43. The zero-order valence-electron chi connectivity index (χ0n) is 10.5. The molecule has 0 saturated heterocycles. The van der Waals surface area contributed by atoms with E-state index in [1.54, 1.807) is 23.0 Å². The number of aromatic nitrogens is 2. The molecule has 2 N–H and O–H groups in total. The zero-order valence-corrected chi connectivity index (χ0v) is 11.2. The van der Waals surface area contributed by atoms with Gasteiger partial charge in [0.25, 0.3) is 0 Å². The van der Waals surface area contributed by atoms with Crippen molar-refractivity contribution in [2.75, 3.05) is 12.3 Å². The Morgan fingerprint density at radius 3 is 2.94 bits per heavy atom. The van der Waals surface area contributed by atoms with Crippen LogP contribution in [0.3, 0.4) is 0 Å². The fourth-order valence-corrected chi connectivity index (χ4v) is 1.88. The van der Waals surface area contributed by atoms with Crippen molar-refractivity contribution >= 4 is 17.3 Å². The molecular weight excluding hydrogens is 250 g/mol. The Labute approximate surface area is 111 Å². The number of anilines is 1. The lowest BCUT2D eigenvalue weighted by Gasteiger charge is -2.10. The number of benzene rings is 1. The van der Waals surface area contributed by atoms with E-state index in [2.05, 4.69) is 12.0 Å². The first-order valence-electron chi connectivity index (χ1n) is 5.86. The molecule has 2 rings (SSSR count). The Morgan fingerprint density at radius 2 is 2.22 bits per heavy atom. The minimum atomic E-state index is 0.641. The molecule has 0 aliphatic carbocycles. The smallest absolute Gasteiger partial charge is 0.157 e. The summed E-state index contributed by atoms with van der Waals surface area (Å²) >= 11 is 6.10. The molecular formula is C13H16ClN3O. The van der Waals surface area contributed by atoms with Crippen molar-refractivity contribution < 1.29 is 4.74 Å². The summed E-state index contributed by atoms with van der Waals surface area (Å²) in [4.78, 5) is 0. The third-order valence-electron chi connectivity index (χ3n) is 2.66. The number of hydrogen-bond donors (Lipinski definition) is 1. The monoisotopic (exact) mass is 265 g/mol. The highest BCUT2D eigenvalue weighted by atomic mass is 35.5. The molecule has 1 aromatic carbocycles. The SMILES string of the molecule is CCCOc1cnn(-c2c(N)ccc(Cl)c2C)c1. The molecule has 2 aromatic rings. The molecule has 0 radical (unpaired) electrons. The van der Waals surface area contributed by atoms with Crippen LogP contribution in [0.1, 0.15) is 18.9 Å². The standard InChI is InChI=1S/C13H16ClN3O/c1-3-6-18-10-7-16-17(8-10)13-9(2)11(14)4-5-12(13)15/h4-5,7-8H,3,6,15H2,1-2H3. The molecule has 0 fully saturated rings. The van der Waals surface area contributed by atoms with Gasteiger partial charge in [0, 0.05) is 5.02 Å². The summed E-state index contributed by atoms with van der Waals surface area (Å²) in [6.07, 6.45) is 4.45. The molecule has 0 spiro atoms. The van der Waals surface area contributed by atoms with Crippen molar-refractivity contribution in [1.82, 2.24) is 9.78 Å². The van der Waals surface area contributed by atoms with Crippen LogP contribution < -0.4 is 10.5 Å². The van der Waals surface area contributed by atoms with Gasteiger partial charge in [-0.05, 0) is 31.0 Å². The van der Waals surface area contributed by atoms with E-state index >= 15 is 0 Å². The second-order valence-corrected chi connectivity index (χ2v) is 4.49. The second-order valence-electron chi connectivity index (χ2n) is 4.08. The molecule has 0 amide bonds. The first-order valence-corrected chi connectivity index (χ1v) is 6.23. The predicted octanol–water partition coefficient (Wildman–Crippen LogP) is 3.21. The van der Waals surface area contributed by atoms with Crippen LogP contribution in [0.15, 0.2) is 24.5 Å². The lowest BCUT2D eigenvalue weighted by molar-refractivity contribution is 0.317. The summed E-state index contributed by atoms with van der Waals surface area (Å²) in [5.41, 5.74) is 8.32. The summed E-state index contributed by atoms with van der Waals surface area (Å²) in [6, 6.07) is 3.56. The van der Waals surface area contributed by atoms with Crippen molar-refractivity contribution in [3.8, 4) is 11.4 Å². The lowest BCUT2D eigenvalue weighted by Crippen LogP contribution is -2.03. The van der Waals surface area contributed by atoms with Crippen molar-refractivity contribution in [2.45, 2.75) is 20.3 Å². The topological polar surface area (TPSA) is 53.1 Å². The van der Waals surface area contributed by atoms with Gasteiger partial charge < -0.3 is 10.5 Å². The van der Waals surface area contributed by atoms with E-state index in [-0.39, 0.29) is 0 Å². The van der Waals surface area contributed by atoms with Gasteiger partial charge in [0.2, 0.25) is 0 Å². The Bertz CT molecular complexity index is 551. The van der Waals surface area contributed by atoms with Crippen LogP contribution >= 0.6 is 11.6 Å². The molecule has 0 aliphatic heterocycles. The average Bonchev–Trinajstić information content (AvgIpc) is 2.80. The second kappa shape index (κ2) is 5.31. The quantitative estimate of drug-likeness (QED) is 0.864. The van der Waals surface area contributed by atoms with Gasteiger partial charge >= 0.3 is 0 Å². The first kappa shape index (κ1) is 12.8. The zero-order chi connectivity index (χ0) is 13.1. The van der Waals surface area contributed by atoms with E-state index < -0.39 is 0 Å². The van der Waals surface area contributed by atoms with Crippen molar-refractivity contribution in [1.29, 1.82) is 0 Å². The van der Waals surface area contributed by atoms with Crippen molar-refractivity contribution in [2.24, 2.45) is 0 Å². The van der Waals surface area contributed by atoms with E-state index in [0.717, 1.165) is 23.4 Å². The Morgan fingerprint density at radius 1 is 1.44 bits per heavy atom. The van der Waals surface area contributed by atoms with Gasteiger partial charge in [-0.15, -0.1) is 0 Å². The summed E-state index contributed by atoms with van der Waals surface area (Å²) in [5.74, 6) is 0.732. The Hall–Kier alpha value is -1.68. The molecule has 0 unspecified atom stereocenters. The highest BCUT2D eigenvalue weighted by molar-refractivity contribution is 6.31. The van der Waals surface area contributed by atoms with Crippen LogP contribution in [0, 0.1) is 6.92 Å². The van der Waals surface area contributed by atoms with E-state index in [0.29, 0.717) is 17.3 Å². The van der Waals surface area contributed by atoms with Crippen molar-refractivity contribution in [3.05, 3.63) is 35.1 Å². The molecule has 96 valence electrons. The van der Waals surface area contributed by atoms with Crippen LogP contribution in [0.4, 0.5) is 5.69 Å². The average molecular weight is 266 g/mol. The maximum Gasteiger partial charge on any atom is 0.157 e. The van der Waals surface area contributed by atoms with E-state index in [1.165, 1.54) is 0 Å². The Kier molecular flexibility index (Phi) is 3.77. The van der Waals surface area contributed by atoms with Crippen LogP contribution in [-0.4, -0.2) is 16.4 Å². The number of ether oxygens (including phenoxy) is 1. The van der Waals surface area contributed by atoms with Gasteiger partial charge in [-0.2, -0.15) is 5.10 Å². The van der Waals surface area contributed by atoms with Crippen LogP contribution in [-0.2, 0) is 0 Å². The molecule has 1 heterocycles. The number of nitrogens with zero attached hydrogens (tertiary/aromatic N) is 2. The first-order chi connectivity index (χ1) is 8.63. The fourth-order valence-electron chi connectivity index (χ4n) is 1.72. The number of hydrogen-bond acceptors (Lipinski definition) is 3. The maximum absolute atomic E-state index is 6.10. The van der Waals surface area contributed by atoms with E-state index in [9.17, 15) is 0 Å². The summed E-state index contributed by atoms with van der Waals surface area (Å²) in [6.45, 7) is 4.65. The molecule has 1 aromatic heterocycles. The third-order valence-corrected chi connectivity index (χ3v) is 3.07. The molecule has 0 atom stereocenters. The highest BCUT2D eigenvalue weighted by Crippen LogP contribution is 2.28. The number of rotatable bonds is 4. The fraction of sp³-hybridized carbons (Fsp3) is 0.308. The number of nitrogen functional groups attached to an aromatic ring is 1. The van der Waals surface area contributed by atoms with Gasteiger partial charge in [-0.25, -0.2) is 4.68 Å². The largest absolute Gasteiger partial charge is 0.490 e. The molecule has 5 heteroatoms. The summed E-state index contributed by atoms with van der Waals surface area (Å²) < 4.78 is 7.21. The summed E-state index contributed by atoms with van der Waals surface area (Å²) in [7, 11) is 0. The molecule has 0 bridgehead atoms. The molecule has 0 aliphatic rings. The van der Waals surface area contributed by atoms with Gasteiger partial charge in [-0.3, -0.25) is 0 Å². The van der Waals surface area contributed by atoms with Crippen molar-refractivity contribution in [3.63, 3.8) is 0 Å². The predicted molar refractivity (Wildman–Crippen MR) is 73.5 cm³/mol. The van der Waals surface area contributed by atoms with Crippen LogP contribution in [0.5, 0.6) is 5.75 Å². The van der Waals surface area contributed by atoms with Gasteiger partial charge in [0.05, 0.1) is 30.4 Å². The van der Waals surface area contributed by atoms with Crippen LogP contribution in [0.2, 0.25) is 5.02 Å². The lowest BCUT2D eigenvalue weighted by atomic mass is 10.1. The molecule has 0 saturated carbocycles. The maximum atomic E-state index is 6.10. The van der Waals surface area contributed by atoms with Crippen LogP contribution in [0.25, 0.3) is 5.69 Å². The van der Waals surface area contributed by atoms with Gasteiger partial charge in [-0.1, -0.05) is 18.5 Å². The van der Waals surface area contributed by atoms with Gasteiger partial charge in [0.1, 0.15) is 0 Å². The number of halogens is 1. The van der Waals surface area contributed by atoms with Gasteiger partial charge in [0.15, 0.2) is 5.75 Å². The molecule has 18 heavy (non-hydrogen) atoms. The highest BCUT2D eigenvalue weighted by Gasteiger charge is 2.10. The minimum Gasteiger partial charge on any atom is -0.490 e. The minimum absolute atomic E-state index is 0.641. The number of nitrogens with two attached hydrogens (primary N) is 1.